The summed E-state index contributed by atoms with van der Waals surface area (Å²) in [6.07, 6.45) is 0. The van der Waals surface area contributed by atoms with Crippen molar-refractivity contribution < 1.29 is 9.18 Å². The Labute approximate surface area is 183 Å². The first-order valence-corrected chi connectivity index (χ1v) is 11.0. The van der Waals surface area contributed by atoms with Gasteiger partial charge in [0.2, 0.25) is 5.91 Å². The Morgan fingerprint density at radius 2 is 2.00 bits per heavy atom. The van der Waals surface area contributed by atoms with Gasteiger partial charge in [-0.2, -0.15) is 0 Å². The van der Waals surface area contributed by atoms with Gasteiger partial charge < -0.3 is 10.3 Å². The number of aryl methyl sites for hydroxylation is 1. The van der Waals surface area contributed by atoms with E-state index >= 15 is 0 Å². The van der Waals surface area contributed by atoms with Gasteiger partial charge in [0.1, 0.15) is 10.5 Å². The molecule has 0 radical (unpaired) electrons. The number of hydrogen-bond donors (Lipinski definition) is 2. The minimum atomic E-state index is -0.515. The minimum Gasteiger partial charge on any atom is -0.323 e. The van der Waals surface area contributed by atoms with Crippen molar-refractivity contribution in [1.29, 1.82) is 0 Å². The number of carbonyl (C=O) groups is 1. The molecule has 0 unspecified atom stereocenters. The van der Waals surface area contributed by atoms with Crippen LogP contribution < -0.4 is 10.9 Å². The molecule has 4 rings (SSSR count). The molecular weight excluding hydrogens is 443 g/mol. The number of carbonyl (C=O) groups excluding carboxylic acids is 1. The first-order valence-electron chi connectivity index (χ1n) is 8.83. The third-order valence-electron chi connectivity index (χ3n) is 4.27. The number of hydrogen-bond acceptors (Lipinski definition) is 6. The number of thioether (sulfide) groups is 1. The number of halogens is 1. The molecule has 0 fully saturated rings. The normalized spacial score (nSPS) is 11.0. The fourth-order valence-electron chi connectivity index (χ4n) is 2.87. The number of anilines is 1. The van der Waals surface area contributed by atoms with Crippen LogP contribution in [0.4, 0.5) is 10.1 Å². The van der Waals surface area contributed by atoms with E-state index in [-0.39, 0.29) is 22.2 Å². The summed E-state index contributed by atoms with van der Waals surface area (Å²) in [5, 5.41) is 2.79. The molecule has 0 saturated carbocycles. The van der Waals surface area contributed by atoms with Gasteiger partial charge in [0, 0.05) is 0 Å². The van der Waals surface area contributed by atoms with Crippen LogP contribution in [0, 0.1) is 16.7 Å². The van der Waals surface area contributed by atoms with Gasteiger partial charge in [-0.15, -0.1) is 0 Å². The van der Waals surface area contributed by atoms with Crippen molar-refractivity contribution in [2.45, 2.75) is 12.1 Å². The van der Waals surface area contributed by atoms with E-state index in [9.17, 15) is 14.0 Å². The van der Waals surface area contributed by atoms with Gasteiger partial charge in [-0.05, 0) is 42.9 Å². The number of nitrogens with one attached hydrogen (secondary N) is 2. The fourth-order valence-corrected chi connectivity index (χ4v) is 4.78. The second-order valence-electron chi connectivity index (χ2n) is 6.33. The highest BCUT2D eigenvalue weighted by molar-refractivity contribution is 7.99. The zero-order valence-corrected chi connectivity index (χ0v) is 18.1. The maximum atomic E-state index is 13.7. The fraction of sp³-hybridized carbons (Fsp3) is 0.100. The first kappa shape index (κ1) is 20.5. The summed E-state index contributed by atoms with van der Waals surface area (Å²) in [6, 6.07) is 13.6. The number of amides is 1. The van der Waals surface area contributed by atoms with Crippen molar-refractivity contribution in [3.63, 3.8) is 0 Å². The van der Waals surface area contributed by atoms with Crippen molar-refractivity contribution in [3.8, 4) is 5.69 Å². The lowest BCUT2D eigenvalue weighted by Crippen LogP contribution is -2.16. The highest BCUT2D eigenvalue weighted by Crippen LogP contribution is 2.26. The number of aromatic nitrogens is 3. The second kappa shape index (κ2) is 8.50. The van der Waals surface area contributed by atoms with E-state index < -0.39 is 11.7 Å². The van der Waals surface area contributed by atoms with E-state index in [1.54, 1.807) is 16.7 Å². The number of rotatable bonds is 5. The summed E-state index contributed by atoms with van der Waals surface area (Å²) < 4.78 is 16.4. The number of para-hydroxylation sites is 2. The summed E-state index contributed by atoms with van der Waals surface area (Å²) in [5.74, 6) is -0.967. The van der Waals surface area contributed by atoms with Crippen LogP contribution in [-0.4, -0.2) is 26.2 Å². The maximum Gasteiger partial charge on any atom is 0.271 e. The highest BCUT2D eigenvalue weighted by atomic mass is 32.2. The van der Waals surface area contributed by atoms with Gasteiger partial charge in [0.25, 0.3) is 5.56 Å². The Bertz CT molecular complexity index is 1380. The summed E-state index contributed by atoms with van der Waals surface area (Å²) >= 11 is 7.71. The quantitative estimate of drug-likeness (QED) is 0.258. The molecule has 10 heteroatoms. The molecule has 6 nitrogen and oxygen atoms in total. The first-order chi connectivity index (χ1) is 14.4. The molecule has 0 bridgehead atoms. The number of fused-ring (bicyclic) bond motifs is 1. The average Bonchev–Trinajstić information content (AvgIpc) is 3.05. The Morgan fingerprint density at radius 1 is 1.27 bits per heavy atom. The van der Waals surface area contributed by atoms with E-state index in [0.29, 0.717) is 14.3 Å². The number of H-pyrrole nitrogens is 1. The summed E-state index contributed by atoms with van der Waals surface area (Å²) in [5.41, 5.74) is 2.07. The monoisotopic (exact) mass is 458 g/mol. The Kier molecular flexibility index (Phi) is 5.80. The smallest absolute Gasteiger partial charge is 0.271 e. The van der Waals surface area contributed by atoms with Crippen molar-refractivity contribution in [2.24, 2.45) is 0 Å². The average molecular weight is 459 g/mol. The summed E-state index contributed by atoms with van der Waals surface area (Å²) in [4.78, 5) is 32.0. The van der Waals surface area contributed by atoms with Crippen molar-refractivity contribution in [2.75, 3.05) is 11.1 Å². The zero-order valence-electron chi connectivity index (χ0n) is 15.6. The largest absolute Gasteiger partial charge is 0.323 e. The molecule has 0 aliphatic heterocycles. The van der Waals surface area contributed by atoms with Gasteiger partial charge in [-0.25, -0.2) is 9.37 Å². The number of aromatic amines is 1. The maximum absolute atomic E-state index is 13.7. The number of nitrogens with zero attached hydrogens (tertiary/aromatic N) is 2. The molecule has 2 aromatic heterocycles. The zero-order chi connectivity index (χ0) is 21.3. The number of benzene rings is 2. The molecule has 2 aromatic carbocycles. The van der Waals surface area contributed by atoms with Crippen LogP contribution in [0.25, 0.3) is 16.0 Å². The van der Waals surface area contributed by atoms with E-state index in [1.165, 1.54) is 23.5 Å². The van der Waals surface area contributed by atoms with E-state index in [2.05, 4.69) is 15.3 Å². The highest BCUT2D eigenvalue weighted by Gasteiger charge is 2.16. The Morgan fingerprint density at radius 3 is 2.77 bits per heavy atom. The third-order valence-corrected chi connectivity index (χ3v) is 6.50. The van der Waals surface area contributed by atoms with Gasteiger partial charge in [0.15, 0.2) is 14.8 Å². The van der Waals surface area contributed by atoms with Crippen molar-refractivity contribution in [3.05, 3.63) is 74.2 Å². The predicted octanol–water partition coefficient (Wildman–Crippen LogP) is 4.68. The third kappa shape index (κ3) is 4.07. The minimum absolute atomic E-state index is 0.0436. The molecule has 2 heterocycles. The Hall–Kier alpha value is -2.82. The lowest BCUT2D eigenvalue weighted by molar-refractivity contribution is -0.113. The van der Waals surface area contributed by atoms with Crippen molar-refractivity contribution >= 4 is 57.3 Å². The summed E-state index contributed by atoms with van der Waals surface area (Å²) in [7, 11) is 0. The lowest BCUT2D eigenvalue weighted by atomic mass is 10.2. The van der Waals surface area contributed by atoms with E-state index in [1.807, 2.05) is 31.2 Å². The molecule has 152 valence electrons. The van der Waals surface area contributed by atoms with Crippen LogP contribution in [0.15, 0.2) is 58.5 Å². The summed E-state index contributed by atoms with van der Waals surface area (Å²) in [6.45, 7) is 1.95. The second-order valence-corrected chi connectivity index (χ2v) is 8.94. The number of thiazole rings is 1. The molecule has 30 heavy (non-hydrogen) atoms. The SMILES string of the molecule is Cc1ccccc1-n1c(=S)sc2c(=O)[nH]c(SCC(=O)Nc3ccccc3F)nc21. The van der Waals surface area contributed by atoms with Crippen LogP contribution in [0.5, 0.6) is 0 Å². The van der Waals surface area contributed by atoms with E-state index in [0.717, 1.165) is 23.0 Å². The molecule has 4 aromatic rings. The molecule has 0 spiro atoms. The molecule has 0 atom stereocenters. The standard InChI is InChI=1S/C20H15FN4O2S3/c1-11-6-2-5-9-14(11)25-17-16(30-20(25)28)18(27)24-19(23-17)29-10-15(26)22-13-8-4-3-7-12(13)21/h2-9H,10H2,1H3,(H,22,26)(H,23,24,27). The molecule has 0 saturated heterocycles. The van der Waals surface area contributed by atoms with Gasteiger partial charge in [0.05, 0.1) is 17.1 Å². The van der Waals surface area contributed by atoms with E-state index in [4.69, 9.17) is 12.2 Å². The molecule has 1 amide bonds. The Balaban J connectivity index is 1.63. The molecular formula is C20H15FN4O2S3. The van der Waals surface area contributed by atoms with Crippen LogP contribution in [0.3, 0.4) is 0 Å². The van der Waals surface area contributed by atoms with Gasteiger partial charge in [-0.1, -0.05) is 53.4 Å². The molecule has 0 aliphatic rings. The lowest BCUT2D eigenvalue weighted by Gasteiger charge is -2.08. The predicted molar refractivity (Wildman–Crippen MR) is 121 cm³/mol. The van der Waals surface area contributed by atoms with Gasteiger partial charge >= 0.3 is 0 Å². The van der Waals surface area contributed by atoms with Crippen LogP contribution >= 0.6 is 35.3 Å². The molecule has 0 aliphatic carbocycles. The van der Waals surface area contributed by atoms with Crippen LogP contribution in [0.2, 0.25) is 0 Å². The van der Waals surface area contributed by atoms with Crippen molar-refractivity contribution in [1.82, 2.24) is 14.5 Å². The van der Waals surface area contributed by atoms with Crippen LogP contribution in [-0.2, 0) is 4.79 Å². The molecule has 2 N–H and O–H groups in total. The topological polar surface area (TPSA) is 79.8 Å². The van der Waals surface area contributed by atoms with Gasteiger partial charge in [-0.3, -0.25) is 14.2 Å². The van der Waals surface area contributed by atoms with Crippen LogP contribution in [0.1, 0.15) is 5.56 Å².